The second kappa shape index (κ2) is 5.35. The molecule has 1 rings (SSSR count). The van der Waals surface area contributed by atoms with Gasteiger partial charge in [-0.05, 0) is 35.8 Å². The molecule has 1 aromatic rings. The monoisotopic (exact) mass is 212 g/mol. The average molecular weight is 212 g/mol. The van der Waals surface area contributed by atoms with Crippen molar-refractivity contribution < 1.29 is 4.79 Å². The molecule has 1 nitrogen and oxygen atoms in total. The first-order valence-electron chi connectivity index (χ1n) is 4.02. The van der Waals surface area contributed by atoms with Gasteiger partial charge in [-0.1, -0.05) is 34.6 Å². The fourth-order valence-electron chi connectivity index (χ4n) is 1.13. The number of hydrogen-bond donors (Lipinski definition) is 0. The number of benzene rings is 1. The molecule has 0 N–H and O–H groups in total. The number of aryl methyl sites for hydroxylation is 2. The van der Waals surface area contributed by atoms with E-state index in [2.05, 4.69) is 32.0 Å². The maximum atomic E-state index is 10.1. The zero-order chi connectivity index (χ0) is 9.68. The van der Waals surface area contributed by atoms with Crippen LogP contribution in [0.1, 0.15) is 16.7 Å². The summed E-state index contributed by atoms with van der Waals surface area (Å²) in [6.07, 6.45) is 0. The molecule has 70 valence electrons. The maximum absolute atomic E-state index is 10.1. The zero-order valence-electron chi connectivity index (χ0n) is 7.74. The van der Waals surface area contributed by atoms with E-state index in [0.29, 0.717) is 0 Å². The van der Waals surface area contributed by atoms with E-state index in [0.717, 1.165) is 11.4 Å². The van der Waals surface area contributed by atoms with Crippen molar-refractivity contribution in [1.82, 2.24) is 0 Å². The molecule has 0 aliphatic carbocycles. The molecule has 0 fully saturated rings. The highest BCUT2D eigenvalue weighted by Gasteiger charge is 1.98. The van der Waals surface area contributed by atoms with Crippen molar-refractivity contribution in [2.75, 3.05) is 0 Å². The van der Waals surface area contributed by atoms with Gasteiger partial charge >= 0.3 is 0 Å². The molecule has 0 aromatic heterocycles. The summed E-state index contributed by atoms with van der Waals surface area (Å²) in [5, 5.41) is 0. The summed E-state index contributed by atoms with van der Waals surface area (Å²) in [5.41, 5.74) is 4.77. The van der Waals surface area contributed by atoms with Crippen molar-refractivity contribution in [2.24, 2.45) is 0 Å². The van der Waals surface area contributed by atoms with Crippen LogP contribution >= 0.6 is 21.6 Å². The van der Waals surface area contributed by atoms with Gasteiger partial charge in [0, 0.05) is 5.75 Å². The standard InChI is InChI=1S/C10H12OS2/c1-8-3-4-10(9(2)5-8)6-12-13-7-11/h3-5,7H,6H2,1-2H3. The third-order valence-corrected chi connectivity index (χ3v) is 3.46. The lowest BCUT2D eigenvalue weighted by Gasteiger charge is -2.04. The quantitative estimate of drug-likeness (QED) is 0.433. The Hall–Kier alpha value is -0.410. The molecule has 0 radical (unpaired) electrons. The largest absolute Gasteiger partial charge is 0.290 e. The van der Waals surface area contributed by atoms with Gasteiger partial charge in [0.1, 0.15) is 0 Å². The van der Waals surface area contributed by atoms with Crippen LogP contribution in [0.5, 0.6) is 0 Å². The van der Waals surface area contributed by atoms with Crippen molar-refractivity contribution in [3.05, 3.63) is 34.9 Å². The van der Waals surface area contributed by atoms with Crippen LogP contribution in [-0.2, 0) is 10.5 Å². The van der Waals surface area contributed by atoms with Gasteiger partial charge in [0.15, 0.2) is 5.62 Å². The second-order valence-electron chi connectivity index (χ2n) is 2.88. The van der Waals surface area contributed by atoms with Gasteiger partial charge in [-0.3, -0.25) is 4.79 Å². The van der Waals surface area contributed by atoms with Crippen molar-refractivity contribution in [1.29, 1.82) is 0 Å². The van der Waals surface area contributed by atoms with E-state index in [4.69, 9.17) is 0 Å². The Labute approximate surface area is 86.7 Å². The fourth-order valence-corrected chi connectivity index (χ4v) is 2.46. The summed E-state index contributed by atoms with van der Waals surface area (Å²) >= 11 is 0. The lowest BCUT2D eigenvalue weighted by Crippen LogP contribution is -1.86. The minimum atomic E-state index is 0.869. The highest BCUT2D eigenvalue weighted by Crippen LogP contribution is 2.25. The highest BCUT2D eigenvalue weighted by molar-refractivity contribution is 8.81. The molecule has 0 amide bonds. The lowest BCUT2D eigenvalue weighted by atomic mass is 10.1. The molecule has 0 aliphatic heterocycles. The molecule has 1 aromatic carbocycles. The smallest absolute Gasteiger partial charge is 0.186 e. The number of hydrogen-bond acceptors (Lipinski definition) is 3. The predicted octanol–water partition coefficient (Wildman–Crippen LogP) is 3.38. The van der Waals surface area contributed by atoms with Crippen molar-refractivity contribution in [3.63, 3.8) is 0 Å². The van der Waals surface area contributed by atoms with Gasteiger partial charge in [0.2, 0.25) is 0 Å². The Kier molecular flexibility index (Phi) is 4.39. The first-order chi connectivity index (χ1) is 6.24. The normalized spacial score (nSPS) is 10.0. The van der Waals surface area contributed by atoms with E-state index in [9.17, 15) is 4.79 Å². The molecule has 0 bridgehead atoms. The number of rotatable bonds is 4. The Bertz CT molecular complexity index is 297. The van der Waals surface area contributed by atoms with Gasteiger partial charge < -0.3 is 0 Å². The van der Waals surface area contributed by atoms with E-state index in [-0.39, 0.29) is 0 Å². The third-order valence-electron chi connectivity index (χ3n) is 1.82. The minimum absolute atomic E-state index is 0.869. The lowest BCUT2D eigenvalue weighted by molar-refractivity contribution is 0.570. The zero-order valence-corrected chi connectivity index (χ0v) is 9.37. The Morgan fingerprint density at radius 3 is 2.77 bits per heavy atom. The van der Waals surface area contributed by atoms with Crippen LogP contribution in [0.4, 0.5) is 0 Å². The molecule has 0 atom stereocenters. The second-order valence-corrected chi connectivity index (χ2v) is 5.08. The molecule has 0 unspecified atom stereocenters. The highest BCUT2D eigenvalue weighted by atomic mass is 33.1. The minimum Gasteiger partial charge on any atom is -0.290 e. The summed E-state index contributed by atoms with van der Waals surface area (Å²) < 4.78 is 0. The van der Waals surface area contributed by atoms with Gasteiger partial charge in [-0.2, -0.15) is 0 Å². The maximum Gasteiger partial charge on any atom is 0.186 e. The molecule has 0 saturated heterocycles. The van der Waals surface area contributed by atoms with E-state index in [1.54, 1.807) is 10.8 Å². The molecular weight excluding hydrogens is 200 g/mol. The third kappa shape index (κ3) is 3.44. The molecule has 13 heavy (non-hydrogen) atoms. The van der Waals surface area contributed by atoms with E-state index in [1.807, 2.05) is 0 Å². The average Bonchev–Trinajstić information content (AvgIpc) is 2.09. The van der Waals surface area contributed by atoms with E-state index in [1.165, 1.54) is 27.5 Å². The summed E-state index contributed by atoms with van der Waals surface area (Å²) in [6, 6.07) is 6.40. The molecule has 0 spiro atoms. The summed E-state index contributed by atoms with van der Waals surface area (Å²) in [5.74, 6) is 0.898. The Morgan fingerprint density at radius 2 is 2.15 bits per heavy atom. The van der Waals surface area contributed by atoms with Crippen LogP contribution in [0, 0.1) is 13.8 Å². The molecule has 0 aliphatic rings. The molecule has 3 heteroatoms. The van der Waals surface area contributed by atoms with Gasteiger partial charge in [-0.25, -0.2) is 0 Å². The van der Waals surface area contributed by atoms with Crippen LogP contribution in [0.2, 0.25) is 0 Å². The Balaban J connectivity index is 2.61. The van der Waals surface area contributed by atoms with Gasteiger partial charge in [0.05, 0.1) is 0 Å². The van der Waals surface area contributed by atoms with E-state index >= 15 is 0 Å². The summed E-state index contributed by atoms with van der Waals surface area (Å²) in [4.78, 5) is 10.1. The summed E-state index contributed by atoms with van der Waals surface area (Å²) in [7, 11) is 2.83. The predicted molar refractivity (Wildman–Crippen MR) is 61.6 cm³/mol. The topological polar surface area (TPSA) is 17.1 Å². The molecule has 0 saturated carbocycles. The Morgan fingerprint density at radius 1 is 1.38 bits per heavy atom. The van der Waals surface area contributed by atoms with Crippen LogP contribution in [0.3, 0.4) is 0 Å². The van der Waals surface area contributed by atoms with Crippen LogP contribution < -0.4 is 0 Å². The van der Waals surface area contributed by atoms with Crippen LogP contribution in [0.25, 0.3) is 0 Å². The van der Waals surface area contributed by atoms with Gasteiger partial charge in [0.25, 0.3) is 0 Å². The number of carbonyl (C=O) groups excluding carboxylic acids is 1. The van der Waals surface area contributed by atoms with Crippen molar-refractivity contribution >= 4 is 27.2 Å². The van der Waals surface area contributed by atoms with E-state index < -0.39 is 0 Å². The number of carbonyl (C=O) groups is 1. The van der Waals surface area contributed by atoms with Gasteiger partial charge in [-0.15, -0.1) is 0 Å². The summed E-state index contributed by atoms with van der Waals surface area (Å²) in [6.45, 7) is 4.19. The SMILES string of the molecule is Cc1ccc(CSSC=O)c(C)c1. The van der Waals surface area contributed by atoms with Crippen LogP contribution in [0.15, 0.2) is 18.2 Å². The van der Waals surface area contributed by atoms with Crippen LogP contribution in [-0.4, -0.2) is 5.62 Å². The molecular formula is C10H12OS2. The fraction of sp³-hybridized carbons (Fsp3) is 0.300. The van der Waals surface area contributed by atoms with Crippen molar-refractivity contribution in [3.8, 4) is 0 Å². The van der Waals surface area contributed by atoms with Crippen molar-refractivity contribution in [2.45, 2.75) is 19.6 Å². The first-order valence-corrected chi connectivity index (χ1v) is 6.40. The molecule has 0 heterocycles. The first kappa shape index (κ1) is 10.7.